The van der Waals surface area contributed by atoms with E-state index in [1.165, 1.54) is 5.01 Å². The van der Waals surface area contributed by atoms with Crippen molar-refractivity contribution in [1.29, 1.82) is 0 Å². The summed E-state index contributed by atoms with van der Waals surface area (Å²) in [5.74, 6) is 0.488. The molecule has 0 spiro atoms. The first-order valence-electron chi connectivity index (χ1n) is 11.2. The van der Waals surface area contributed by atoms with E-state index in [4.69, 9.17) is 13.9 Å². The SMILES string of the molecule is COc1ccc(C2=NN(C(=O)COC(=O)CCc3nc4ccccc4s3)C(c3ccco3)C2)cc1. The van der Waals surface area contributed by atoms with Crippen LogP contribution in [0.1, 0.15) is 35.2 Å². The summed E-state index contributed by atoms with van der Waals surface area (Å²) in [4.78, 5) is 29.8. The van der Waals surface area contributed by atoms with E-state index < -0.39 is 24.5 Å². The fraction of sp³-hybridized carbons (Fsp3) is 0.231. The van der Waals surface area contributed by atoms with Crippen LogP contribution in [0.3, 0.4) is 0 Å². The standard InChI is InChI=1S/C26H23N3O5S/c1-32-18-10-8-17(9-11-18)20-15-21(22-6-4-14-33-22)29(28-20)25(30)16-34-26(31)13-12-24-27-19-5-2-3-7-23(19)35-24/h2-11,14,21H,12-13,15-16H2,1H3. The molecule has 2 aromatic heterocycles. The highest BCUT2D eigenvalue weighted by atomic mass is 32.1. The molecule has 4 aromatic rings. The van der Waals surface area contributed by atoms with Crippen LogP contribution in [0.25, 0.3) is 10.2 Å². The predicted molar refractivity (Wildman–Crippen MR) is 131 cm³/mol. The van der Waals surface area contributed by atoms with Gasteiger partial charge in [-0.05, 0) is 54.1 Å². The number of esters is 1. The number of aromatic nitrogens is 1. The Kier molecular flexibility index (Phi) is 6.58. The topological polar surface area (TPSA) is 94.2 Å². The number of hydrogen-bond donors (Lipinski definition) is 0. The minimum Gasteiger partial charge on any atom is -0.497 e. The van der Waals surface area contributed by atoms with Gasteiger partial charge in [-0.3, -0.25) is 9.59 Å². The second kappa shape index (κ2) is 10.1. The minimum atomic E-state index is -0.453. The van der Waals surface area contributed by atoms with Gasteiger partial charge in [0.05, 0.1) is 40.7 Å². The van der Waals surface area contributed by atoms with Crippen molar-refractivity contribution in [2.45, 2.75) is 25.3 Å². The average Bonchev–Trinajstić information content (AvgIpc) is 3.65. The molecule has 0 saturated heterocycles. The highest BCUT2D eigenvalue weighted by Crippen LogP contribution is 2.33. The molecular formula is C26H23N3O5S. The van der Waals surface area contributed by atoms with Crippen molar-refractivity contribution >= 4 is 39.1 Å². The summed E-state index contributed by atoms with van der Waals surface area (Å²) < 4.78 is 17.1. The van der Waals surface area contributed by atoms with E-state index in [0.717, 1.165) is 32.2 Å². The molecule has 35 heavy (non-hydrogen) atoms. The van der Waals surface area contributed by atoms with Crippen molar-refractivity contribution in [3.8, 4) is 5.75 Å². The second-order valence-electron chi connectivity index (χ2n) is 7.98. The van der Waals surface area contributed by atoms with Crippen molar-refractivity contribution < 1.29 is 23.5 Å². The largest absolute Gasteiger partial charge is 0.497 e. The molecule has 0 radical (unpaired) electrons. The quantitative estimate of drug-likeness (QED) is 0.332. The maximum atomic E-state index is 13.0. The molecule has 1 aliphatic rings. The van der Waals surface area contributed by atoms with E-state index in [-0.39, 0.29) is 6.42 Å². The number of benzene rings is 2. The van der Waals surface area contributed by atoms with Crippen LogP contribution in [0, 0.1) is 0 Å². The van der Waals surface area contributed by atoms with Gasteiger partial charge in [-0.15, -0.1) is 11.3 Å². The summed E-state index contributed by atoms with van der Waals surface area (Å²) >= 11 is 1.55. The third-order valence-electron chi connectivity index (χ3n) is 5.70. The van der Waals surface area contributed by atoms with Crippen molar-refractivity contribution in [1.82, 2.24) is 9.99 Å². The van der Waals surface area contributed by atoms with Gasteiger partial charge < -0.3 is 13.9 Å². The molecule has 3 heterocycles. The van der Waals surface area contributed by atoms with Crippen LogP contribution < -0.4 is 4.74 Å². The number of ether oxygens (including phenoxy) is 2. The normalized spacial score (nSPS) is 15.3. The molecule has 1 atom stereocenters. The fourth-order valence-corrected chi connectivity index (χ4v) is 4.88. The van der Waals surface area contributed by atoms with Crippen LogP contribution >= 0.6 is 11.3 Å². The van der Waals surface area contributed by atoms with Gasteiger partial charge in [0, 0.05) is 12.8 Å². The van der Waals surface area contributed by atoms with Crippen LogP contribution in [0.15, 0.2) is 76.4 Å². The van der Waals surface area contributed by atoms with Gasteiger partial charge in [0.15, 0.2) is 6.61 Å². The van der Waals surface area contributed by atoms with Crippen molar-refractivity contribution in [3.63, 3.8) is 0 Å². The Morgan fingerprint density at radius 1 is 1.11 bits per heavy atom. The van der Waals surface area contributed by atoms with Gasteiger partial charge in [-0.2, -0.15) is 5.10 Å². The lowest BCUT2D eigenvalue weighted by Gasteiger charge is -2.19. The van der Waals surface area contributed by atoms with E-state index >= 15 is 0 Å². The van der Waals surface area contributed by atoms with E-state index in [2.05, 4.69) is 10.1 Å². The number of methoxy groups -OCH3 is 1. The van der Waals surface area contributed by atoms with Crippen molar-refractivity contribution in [2.75, 3.05) is 13.7 Å². The van der Waals surface area contributed by atoms with E-state index in [1.807, 2.05) is 48.5 Å². The van der Waals surface area contributed by atoms with Crippen LogP contribution in [0.2, 0.25) is 0 Å². The molecule has 0 bridgehead atoms. The first kappa shape index (κ1) is 22.8. The monoisotopic (exact) mass is 489 g/mol. The summed E-state index contributed by atoms with van der Waals surface area (Å²) in [6, 6.07) is 18.5. The number of carbonyl (C=O) groups is 2. The lowest BCUT2D eigenvalue weighted by Crippen LogP contribution is -2.31. The van der Waals surface area contributed by atoms with Gasteiger partial charge in [-0.25, -0.2) is 9.99 Å². The molecule has 9 heteroatoms. The molecule has 1 unspecified atom stereocenters. The molecule has 178 valence electrons. The number of rotatable bonds is 8. The lowest BCUT2D eigenvalue weighted by atomic mass is 10.0. The third-order valence-corrected chi connectivity index (χ3v) is 6.79. The summed E-state index contributed by atoms with van der Waals surface area (Å²) in [6.07, 6.45) is 2.66. The van der Waals surface area contributed by atoms with Gasteiger partial charge in [0.2, 0.25) is 0 Å². The Labute approximate surface area is 205 Å². The molecule has 1 amide bonds. The number of fused-ring (bicyclic) bond motifs is 1. The number of furan rings is 1. The molecule has 1 aliphatic heterocycles. The van der Waals surface area contributed by atoms with Crippen molar-refractivity contribution in [3.05, 3.63) is 83.3 Å². The fourth-order valence-electron chi connectivity index (χ4n) is 3.92. The van der Waals surface area contributed by atoms with Gasteiger partial charge in [-0.1, -0.05) is 12.1 Å². The first-order chi connectivity index (χ1) is 17.1. The Morgan fingerprint density at radius 2 is 1.94 bits per heavy atom. The summed E-state index contributed by atoms with van der Waals surface area (Å²) in [5.41, 5.74) is 2.54. The highest BCUT2D eigenvalue weighted by Gasteiger charge is 2.35. The maximum Gasteiger partial charge on any atom is 0.306 e. The number of hydrazone groups is 1. The molecule has 0 saturated carbocycles. The number of nitrogens with zero attached hydrogens (tertiary/aromatic N) is 3. The molecule has 0 fully saturated rings. The number of hydrogen-bond acceptors (Lipinski definition) is 8. The van der Waals surface area contributed by atoms with Crippen LogP contribution in [0.4, 0.5) is 0 Å². The number of aryl methyl sites for hydroxylation is 1. The second-order valence-corrected chi connectivity index (χ2v) is 9.10. The number of carbonyl (C=O) groups excluding carboxylic acids is 2. The number of amides is 1. The van der Waals surface area contributed by atoms with Crippen LogP contribution in [-0.2, 0) is 20.7 Å². The summed E-state index contributed by atoms with van der Waals surface area (Å²) in [7, 11) is 1.61. The van der Waals surface area contributed by atoms with Crippen LogP contribution in [0.5, 0.6) is 5.75 Å². The third kappa shape index (κ3) is 5.09. The highest BCUT2D eigenvalue weighted by molar-refractivity contribution is 7.18. The minimum absolute atomic E-state index is 0.148. The molecular weight excluding hydrogens is 466 g/mol. The summed E-state index contributed by atoms with van der Waals surface area (Å²) in [5, 5.41) is 6.76. The molecule has 2 aromatic carbocycles. The first-order valence-corrected chi connectivity index (χ1v) is 12.0. The summed E-state index contributed by atoms with van der Waals surface area (Å²) in [6.45, 7) is -0.394. The van der Waals surface area contributed by atoms with Gasteiger partial charge in [0.25, 0.3) is 5.91 Å². The number of para-hydroxylation sites is 1. The Hall–Kier alpha value is -3.98. The van der Waals surface area contributed by atoms with Gasteiger partial charge >= 0.3 is 5.97 Å². The van der Waals surface area contributed by atoms with Crippen molar-refractivity contribution in [2.24, 2.45) is 5.10 Å². The zero-order valence-corrected chi connectivity index (χ0v) is 19.9. The average molecular weight is 490 g/mol. The molecule has 0 aliphatic carbocycles. The van der Waals surface area contributed by atoms with E-state index in [0.29, 0.717) is 18.6 Å². The molecule has 5 rings (SSSR count). The Morgan fingerprint density at radius 3 is 2.69 bits per heavy atom. The smallest absolute Gasteiger partial charge is 0.306 e. The zero-order valence-electron chi connectivity index (χ0n) is 19.0. The predicted octanol–water partition coefficient (Wildman–Crippen LogP) is 4.75. The Bertz CT molecular complexity index is 1330. The number of thiazole rings is 1. The van der Waals surface area contributed by atoms with E-state index in [1.54, 1.807) is 36.8 Å². The Balaban J connectivity index is 1.22. The van der Waals surface area contributed by atoms with E-state index in [9.17, 15) is 9.59 Å². The molecule has 8 nitrogen and oxygen atoms in total. The zero-order chi connectivity index (χ0) is 24.2. The molecule has 0 N–H and O–H groups in total. The van der Waals surface area contributed by atoms with Gasteiger partial charge in [0.1, 0.15) is 17.6 Å². The maximum absolute atomic E-state index is 13.0. The lowest BCUT2D eigenvalue weighted by molar-refractivity contribution is -0.152. The van der Waals surface area contributed by atoms with Crippen LogP contribution in [-0.4, -0.2) is 41.3 Å².